The number of fused-ring (bicyclic) bond motifs is 1. The first-order valence-corrected chi connectivity index (χ1v) is 10.2. The van der Waals surface area contributed by atoms with Crippen molar-refractivity contribution in [3.63, 3.8) is 0 Å². The molecular formula is C19H13F6NO4S2. The van der Waals surface area contributed by atoms with Gasteiger partial charge in [0.25, 0.3) is 5.91 Å². The fraction of sp³-hybridized carbons (Fsp3) is 0.263. The van der Waals surface area contributed by atoms with Crippen molar-refractivity contribution in [2.75, 3.05) is 7.11 Å². The number of alkyl halides is 5. The molecule has 2 heterocycles. The zero-order chi connectivity index (χ0) is 24.0. The van der Waals surface area contributed by atoms with Gasteiger partial charge in [0.05, 0.1) is 27.4 Å². The summed E-state index contributed by atoms with van der Waals surface area (Å²) in [5.74, 6) is -2.60. The van der Waals surface area contributed by atoms with Gasteiger partial charge in [-0.3, -0.25) is 14.2 Å². The fourth-order valence-corrected chi connectivity index (χ4v) is 4.78. The Labute approximate surface area is 184 Å². The number of carbonyl (C=O) groups excluding carboxylic acids is 2. The number of halogens is 6. The van der Waals surface area contributed by atoms with Crippen LogP contribution in [0.3, 0.4) is 0 Å². The van der Waals surface area contributed by atoms with Crippen molar-refractivity contribution < 1.29 is 45.4 Å². The molecule has 3 rings (SSSR count). The van der Waals surface area contributed by atoms with E-state index >= 15 is 0 Å². The molecule has 0 atom stereocenters. The number of ether oxygens (including phenoxy) is 2. The predicted molar refractivity (Wildman–Crippen MR) is 105 cm³/mol. The van der Waals surface area contributed by atoms with Gasteiger partial charge in [-0.05, 0) is 36.9 Å². The molecule has 0 saturated heterocycles. The summed E-state index contributed by atoms with van der Waals surface area (Å²) >= 11 is -0.315. The molecule has 0 saturated carbocycles. The van der Waals surface area contributed by atoms with Gasteiger partial charge in [0, 0.05) is 18.4 Å². The van der Waals surface area contributed by atoms with Crippen LogP contribution in [0.25, 0.3) is 10.9 Å². The Hall–Kier alpha value is -2.67. The molecule has 0 aliphatic carbocycles. The predicted octanol–water partition coefficient (Wildman–Crippen LogP) is 6.02. The molecule has 0 fully saturated rings. The van der Waals surface area contributed by atoms with Crippen LogP contribution in [0.2, 0.25) is 0 Å². The van der Waals surface area contributed by atoms with Crippen molar-refractivity contribution in [2.45, 2.75) is 29.5 Å². The lowest BCUT2D eigenvalue weighted by Crippen LogP contribution is -2.32. The van der Waals surface area contributed by atoms with E-state index in [2.05, 4.69) is 0 Å². The molecule has 5 nitrogen and oxygen atoms in total. The molecular weight excluding hydrogens is 484 g/mol. The normalized spacial score (nSPS) is 12.3. The molecule has 0 aliphatic heterocycles. The van der Waals surface area contributed by atoms with Crippen molar-refractivity contribution in [1.29, 1.82) is 0 Å². The van der Waals surface area contributed by atoms with E-state index in [0.29, 0.717) is 11.3 Å². The Morgan fingerprint density at radius 2 is 1.78 bits per heavy atom. The Morgan fingerprint density at radius 1 is 1.12 bits per heavy atom. The number of benzene rings is 1. The summed E-state index contributed by atoms with van der Waals surface area (Å²) in [7, 11) is 1.21. The van der Waals surface area contributed by atoms with Crippen LogP contribution >= 0.6 is 23.1 Å². The van der Waals surface area contributed by atoms with Gasteiger partial charge in [-0.1, -0.05) is 0 Å². The van der Waals surface area contributed by atoms with Crippen molar-refractivity contribution >= 4 is 45.9 Å². The van der Waals surface area contributed by atoms with Crippen LogP contribution in [0.1, 0.15) is 22.3 Å². The smallest absolute Gasteiger partial charge is 0.464 e. The lowest BCUT2D eigenvalue weighted by Gasteiger charge is -2.17. The third-order valence-electron chi connectivity index (χ3n) is 4.22. The summed E-state index contributed by atoms with van der Waals surface area (Å²) in [6.45, 7) is 2.52. The van der Waals surface area contributed by atoms with Gasteiger partial charge >= 0.3 is 17.4 Å². The number of carbonyl (C=O) groups is 2. The largest absolute Gasteiger partial charge is 0.494 e. The maximum Gasteiger partial charge on any atom is 0.464 e. The topological polar surface area (TPSA) is 57.5 Å². The highest BCUT2D eigenvalue weighted by Gasteiger charge is 2.58. The third-order valence-corrected chi connectivity index (χ3v) is 6.41. The molecule has 32 heavy (non-hydrogen) atoms. The Kier molecular flexibility index (Phi) is 6.26. The van der Waals surface area contributed by atoms with E-state index in [1.54, 1.807) is 0 Å². The standard InChI is InChI=1S/C19H13F6NO4S2/c1-8-16(30-9(2)27)10-6-13(29-3)11(20)7-12(10)26(8)17(28)14-4-5-15(31-14)32-19(24,25)18(21,22)23/h4-7H,1-3H3. The third kappa shape index (κ3) is 4.31. The Bertz CT molecular complexity index is 1210. The minimum Gasteiger partial charge on any atom is -0.494 e. The van der Waals surface area contributed by atoms with Gasteiger partial charge < -0.3 is 9.47 Å². The highest BCUT2D eigenvalue weighted by molar-refractivity contribution is 8.02. The first kappa shape index (κ1) is 24.0. The average molecular weight is 497 g/mol. The van der Waals surface area contributed by atoms with Crippen LogP contribution in [0.5, 0.6) is 11.5 Å². The molecule has 1 aromatic carbocycles. The van der Waals surface area contributed by atoms with Crippen LogP contribution in [0.4, 0.5) is 26.3 Å². The molecule has 0 N–H and O–H groups in total. The van der Waals surface area contributed by atoms with Gasteiger partial charge in [0.2, 0.25) is 0 Å². The molecule has 172 valence electrons. The molecule has 0 radical (unpaired) electrons. The minimum absolute atomic E-state index is 0.00901. The van der Waals surface area contributed by atoms with Crippen molar-refractivity contribution in [3.8, 4) is 11.5 Å². The molecule has 0 unspecified atom stereocenters. The molecule has 3 aromatic rings. The van der Waals surface area contributed by atoms with Crippen LogP contribution in [0.15, 0.2) is 28.5 Å². The number of thioether (sulfide) groups is 1. The molecule has 13 heteroatoms. The summed E-state index contributed by atoms with van der Waals surface area (Å²) in [5.41, 5.74) is 0.0846. The number of esters is 1. The number of methoxy groups -OCH3 is 1. The second-order valence-corrected chi connectivity index (χ2v) is 8.89. The van der Waals surface area contributed by atoms with Crippen molar-refractivity contribution in [2.24, 2.45) is 0 Å². The van der Waals surface area contributed by atoms with Gasteiger partial charge in [-0.15, -0.1) is 11.3 Å². The highest BCUT2D eigenvalue weighted by atomic mass is 32.2. The number of rotatable bonds is 5. The average Bonchev–Trinajstić information content (AvgIpc) is 3.22. The fourth-order valence-electron chi connectivity index (χ4n) is 2.86. The zero-order valence-electron chi connectivity index (χ0n) is 16.5. The summed E-state index contributed by atoms with van der Waals surface area (Å²) in [6.07, 6.45) is -5.77. The van der Waals surface area contributed by atoms with E-state index in [1.807, 2.05) is 0 Å². The van der Waals surface area contributed by atoms with E-state index in [-0.39, 0.29) is 33.0 Å². The maximum atomic E-state index is 14.3. The summed E-state index contributed by atoms with van der Waals surface area (Å²) in [6, 6.07) is 4.23. The summed E-state index contributed by atoms with van der Waals surface area (Å²) < 4.78 is 88.9. The molecule has 0 bridgehead atoms. The van der Waals surface area contributed by atoms with Crippen molar-refractivity contribution in [3.05, 3.63) is 40.7 Å². The van der Waals surface area contributed by atoms with E-state index in [9.17, 15) is 35.9 Å². The summed E-state index contributed by atoms with van der Waals surface area (Å²) in [5, 5.41) is -4.88. The van der Waals surface area contributed by atoms with Crippen molar-refractivity contribution in [1.82, 2.24) is 4.57 Å². The second kappa shape index (κ2) is 8.35. The van der Waals surface area contributed by atoms with Gasteiger partial charge in [0.15, 0.2) is 17.3 Å². The lowest BCUT2D eigenvalue weighted by atomic mass is 10.2. The molecule has 0 spiro atoms. The minimum atomic E-state index is -5.77. The molecule has 2 aromatic heterocycles. The number of thiophene rings is 1. The molecule has 0 amide bonds. The van der Waals surface area contributed by atoms with E-state index in [4.69, 9.17) is 9.47 Å². The first-order chi connectivity index (χ1) is 14.8. The van der Waals surface area contributed by atoms with Gasteiger partial charge in [0.1, 0.15) is 0 Å². The number of nitrogens with zero attached hydrogens (tertiary/aromatic N) is 1. The quantitative estimate of drug-likeness (QED) is 0.245. The SMILES string of the molecule is COc1cc2c(OC(C)=O)c(C)n(C(=O)c3ccc(SC(F)(F)C(F)(F)F)s3)c2cc1F. The summed E-state index contributed by atoms with van der Waals surface area (Å²) in [4.78, 5) is 24.4. The van der Waals surface area contributed by atoms with Crippen LogP contribution in [-0.4, -0.2) is 35.0 Å². The van der Waals surface area contributed by atoms with Crippen LogP contribution in [0, 0.1) is 12.7 Å². The number of aromatic nitrogens is 1. The maximum absolute atomic E-state index is 14.3. The highest BCUT2D eigenvalue weighted by Crippen LogP contribution is 2.49. The number of hydrogen-bond acceptors (Lipinski definition) is 6. The first-order valence-electron chi connectivity index (χ1n) is 8.62. The second-order valence-electron chi connectivity index (χ2n) is 6.39. The van der Waals surface area contributed by atoms with E-state index < -0.39 is 45.1 Å². The Balaban J connectivity index is 2.09. The van der Waals surface area contributed by atoms with Gasteiger partial charge in [-0.2, -0.15) is 22.0 Å². The van der Waals surface area contributed by atoms with Crippen LogP contribution < -0.4 is 9.47 Å². The molecule has 0 aliphatic rings. The van der Waals surface area contributed by atoms with E-state index in [1.165, 1.54) is 20.1 Å². The van der Waals surface area contributed by atoms with Crippen LogP contribution in [-0.2, 0) is 4.79 Å². The monoisotopic (exact) mass is 497 g/mol. The lowest BCUT2D eigenvalue weighted by molar-refractivity contribution is -0.237. The number of hydrogen-bond donors (Lipinski definition) is 0. The Morgan fingerprint density at radius 3 is 2.34 bits per heavy atom. The zero-order valence-corrected chi connectivity index (χ0v) is 18.1. The van der Waals surface area contributed by atoms with E-state index in [0.717, 1.165) is 29.7 Å². The van der Waals surface area contributed by atoms with Gasteiger partial charge in [-0.25, -0.2) is 4.39 Å².